The molecule has 1 aliphatic carbocycles. The van der Waals surface area contributed by atoms with E-state index in [-0.39, 0.29) is 0 Å². The summed E-state index contributed by atoms with van der Waals surface area (Å²) < 4.78 is 0. The van der Waals surface area contributed by atoms with Crippen molar-refractivity contribution < 1.29 is 0 Å². The van der Waals surface area contributed by atoms with Gasteiger partial charge in [-0.1, -0.05) is 37.6 Å². The molecule has 2 N–H and O–H groups in total. The molecule has 19 heavy (non-hydrogen) atoms. The smallest absolute Gasteiger partial charge is 0.0208 e. The normalized spacial score (nSPS) is 16.5. The standard InChI is InChI=1S/C17H28N2/c1-3-9-17(10-11-17)14-19-13-16-7-5-4-6-15(16)8-12-18-2/h4-7,18-19H,3,8-14H2,1-2H3. The van der Waals surface area contributed by atoms with E-state index in [1.165, 1.54) is 43.4 Å². The van der Waals surface area contributed by atoms with Crippen molar-refractivity contribution in [3.63, 3.8) is 0 Å². The van der Waals surface area contributed by atoms with E-state index in [1.54, 1.807) is 0 Å². The van der Waals surface area contributed by atoms with Crippen molar-refractivity contribution in [1.82, 2.24) is 10.6 Å². The van der Waals surface area contributed by atoms with Gasteiger partial charge in [-0.05, 0) is 55.8 Å². The third kappa shape index (κ3) is 4.32. The van der Waals surface area contributed by atoms with E-state index in [0.29, 0.717) is 5.41 Å². The van der Waals surface area contributed by atoms with Crippen molar-refractivity contribution in [2.45, 2.75) is 45.6 Å². The van der Waals surface area contributed by atoms with Gasteiger partial charge >= 0.3 is 0 Å². The van der Waals surface area contributed by atoms with Crippen LogP contribution in [0.3, 0.4) is 0 Å². The highest BCUT2D eigenvalue weighted by atomic mass is 14.9. The molecule has 2 rings (SSSR count). The maximum atomic E-state index is 3.69. The molecule has 2 heteroatoms. The number of likely N-dealkylation sites (N-methyl/N-ethyl adjacent to an activating group) is 1. The lowest BCUT2D eigenvalue weighted by molar-refractivity contribution is 0.420. The Morgan fingerprint density at radius 2 is 1.89 bits per heavy atom. The summed E-state index contributed by atoms with van der Waals surface area (Å²) in [5.41, 5.74) is 3.59. The molecule has 0 aromatic heterocycles. The first-order valence-corrected chi connectivity index (χ1v) is 7.72. The van der Waals surface area contributed by atoms with Gasteiger partial charge < -0.3 is 10.6 Å². The first-order valence-electron chi connectivity index (χ1n) is 7.72. The Morgan fingerprint density at radius 3 is 2.53 bits per heavy atom. The zero-order valence-corrected chi connectivity index (χ0v) is 12.5. The van der Waals surface area contributed by atoms with Gasteiger partial charge in [-0.25, -0.2) is 0 Å². The first kappa shape index (κ1) is 14.5. The monoisotopic (exact) mass is 260 g/mol. The van der Waals surface area contributed by atoms with Crippen molar-refractivity contribution in [1.29, 1.82) is 0 Å². The Balaban J connectivity index is 1.82. The highest BCUT2D eigenvalue weighted by Crippen LogP contribution is 2.48. The minimum Gasteiger partial charge on any atom is -0.319 e. The minimum absolute atomic E-state index is 0.647. The molecule has 106 valence electrons. The topological polar surface area (TPSA) is 24.1 Å². The summed E-state index contributed by atoms with van der Waals surface area (Å²) in [4.78, 5) is 0. The van der Waals surface area contributed by atoms with Gasteiger partial charge in [-0.2, -0.15) is 0 Å². The number of benzene rings is 1. The second-order valence-electron chi connectivity index (χ2n) is 5.98. The summed E-state index contributed by atoms with van der Waals surface area (Å²) in [6.45, 7) is 5.57. The van der Waals surface area contributed by atoms with E-state index >= 15 is 0 Å². The molecule has 0 unspecified atom stereocenters. The maximum Gasteiger partial charge on any atom is 0.0208 e. The van der Waals surface area contributed by atoms with Gasteiger partial charge in [0.2, 0.25) is 0 Å². The van der Waals surface area contributed by atoms with Crippen LogP contribution in [0.1, 0.15) is 43.7 Å². The largest absolute Gasteiger partial charge is 0.319 e. The molecule has 1 fully saturated rings. The fourth-order valence-corrected chi connectivity index (χ4v) is 2.92. The Labute approximate surface area is 118 Å². The Hall–Kier alpha value is -0.860. The molecule has 0 atom stereocenters. The van der Waals surface area contributed by atoms with Gasteiger partial charge in [-0.15, -0.1) is 0 Å². The van der Waals surface area contributed by atoms with Crippen LogP contribution in [0.15, 0.2) is 24.3 Å². The number of nitrogens with one attached hydrogen (secondary N) is 2. The molecule has 0 heterocycles. The van der Waals surface area contributed by atoms with Crippen molar-refractivity contribution >= 4 is 0 Å². The predicted molar refractivity (Wildman–Crippen MR) is 82.4 cm³/mol. The Kier molecular flexibility index (Phi) is 5.41. The lowest BCUT2D eigenvalue weighted by Gasteiger charge is -2.16. The van der Waals surface area contributed by atoms with Crippen LogP contribution >= 0.6 is 0 Å². The van der Waals surface area contributed by atoms with Crippen LogP contribution in [0, 0.1) is 5.41 Å². The van der Waals surface area contributed by atoms with E-state index < -0.39 is 0 Å². The third-order valence-electron chi connectivity index (χ3n) is 4.32. The van der Waals surface area contributed by atoms with Gasteiger partial charge in [0.25, 0.3) is 0 Å². The minimum atomic E-state index is 0.647. The van der Waals surface area contributed by atoms with Crippen molar-refractivity contribution in [2.75, 3.05) is 20.1 Å². The summed E-state index contributed by atoms with van der Waals surface area (Å²) in [5.74, 6) is 0. The average Bonchev–Trinajstić information content (AvgIpc) is 3.18. The molecule has 1 aromatic rings. The molecule has 0 radical (unpaired) electrons. The summed E-state index contributed by atoms with van der Waals surface area (Å²) in [5, 5.41) is 6.92. The molecule has 0 aliphatic heterocycles. The van der Waals surface area contributed by atoms with E-state index in [0.717, 1.165) is 19.5 Å². The number of hydrogen-bond acceptors (Lipinski definition) is 2. The molecular formula is C17H28N2. The molecule has 1 aromatic carbocycles. The molecule has 0 saturated heterocycles. The fraction of sp³-hybridized carbons (Fsp3) is 0.647. The summed E-state index contributed by atoms with van der Waals surface area (Å²) in [6, 6.07) is 8.82. The van der Waals surface area contributed by atoms with Crippen molar-refractivity contribution in [3.05, 3.63) is 35.4 Å². The van der Waals surface area contributed by atoms with Crippen molar-refractivity contribution in [3.8, 4) is 0 Å². The van der Waals surface area contributed by atoms with Gasteiger partial charge in [0, 0.05) is 13.1 Å². The molecule has 2 nitrogen and oxygen atoms in total. The van der Waals surface area contributed by atoms with Crippen LogP contribution < -0.4 is 10.6 Å². The van der Waals surface area contributed by atoms with Gasteiger partial charge in [0.15, 0.2) is 0 Å². The summed E-state index contributed by atoms with van der Waals surface area (Å²) >= 11 is 0. The van der Waals surface area contributed by atoms with Crippen LogP contribution in [0.2, 0.25) is 0 Å². The summed E-state index contributed by atoms with van der Waals surface area (Å²) in [6.07, 6.45) is 6.68. The number of hydrogen-bond donors (Lipinski definition) is 2. The average molecular weight is 260 g/mol. The fourth-order valence-electron chi connectivity index (χ4n) is 2.92. The highest BCUT2D eigenvalue weighted by Gasteiger charge is 2.40. The van der Waals surface area contributed by atoms with Crippen molar-refractivity contribution in [2.24, 2.45) is 5.41 Å². The lowest BCUT2D eigenvalue weighted by atomic mass is 10.00. The zero-order valence-electron chi connectivity index (χ0n) is 12.5. The van der Waals surface area contributed by atoms with Gasteiger partial charge in [0.1, 0.15) is 0 Å². The predicted octanol–water partition coefficient (Wildman–Crippen LogP) is 3.12. The van der Waals surface area contributed by atoms with Crippen LogP contribution in [0.4, 0.5) is 0 Å². The Morgan fingerprint density at radius 1 is 1.16 bits per heavy atom. The SMILES string of the molecule is CCCC1(CNCc2ccccc2CCNC)CC1. The third-order valence-corrected chi connectivity index (χ3v) is 4.32. The first-order chi connectivity index (χ1) is 9.29. The lowest BCUT2D eigenvalue weighted by Crippen LogP contribution is -2.24. The zero-order chi connectivity index (χ0) is 13.6. The van der Waals surface area contributed by atoms with Gasteiger partial charge in [-0.3, -0.25) is 0 Å². The van der Waals surface area contributed by atoms with Crippen LogP contribution in [-0.2, 0) is 13.0 Å². The molecule has 0 spiro atoms. The van der Waals surface area contributed by atoms with Crippen LogP contribution in [0.25, 0.3) is 0 Å². The van der Waals surface area contributed by atoms with Gasteiger partial charge in [0.05, 0.1) is 0 Å². The molecule has 1 aliphatic rings. The van der Waals surface area contributed by atoms with E-state index in [2.05, 4.69) is 41.8 Å². The Bertz CT molecular complexity index is 383. The molecular weight excluding hydrogens is 232 g/mol. The number of rotatable bonds is 9. The molecule has 0 bridgehead atoms. The van der Waals surface area contributed by atoms with E-state index in [9.17, 15) is 0 Å². The summed E-state index contributed by atoms with van der Waals surface area (Å²) in [7, 11) is 2.02. The molecule has 1 saturated carbocycles. The van der Waals surface area contributed by atoms with E-state index in [4.69, 9.17) is 0 Å². The second kappa shape index (κ2) is 7.06. The van der Waals surface area contributed by atoms with Crippen LogP contribution in [0.5, 0.6) is 0 Å². The quantitative estimate of drug-likeness (QED) is 0.713. The highest BCUT2D eigenvalue weighted by molar-refractivity contribution is 5.27. The van der Waals surface area contributed by atoms with E-state index in [1.807, 2.05) is 7.05 Å². The van der Waals surface area contributed by atoms with Crippen LogP contribution in [-0.4, -0.2) is 20.1 Å². The maximum absolute atomic E-state index is 3.69. The second-order valence-corrected chi connectivity index (χ2v) is 5.98. The molecule has 0 amide bonds.